The maximum Gasteiger partial charge on any atom is 0.338 e. The molecule has 19 heavy (non-hydrogen) atoms. The third-order valence-electron chi connectivity index (χ3n) is 3.22. The van der Waals surface area contributed by atoms with Crippen molar-refractivity contribution in [3.8, 4) is 0 Å². The highest BCUT2D eigenvalue weighted by atomic mass is 16.5. The first-order valence-electron chi connectivity index (χ1n) is 6.55. The van der Waals surface area contributed by atoms with Crippen LogP contribution in [0, 0.1) is 0 Å². The molecule has 0 radical (unpaired) electrons. The number of rotatable bonds is 4. The molecular weight excluding hydrogens is 236 g/mol. The van der Waals surface area contributed by atoms with Gasteiger partial charge in [-0.05, 0) is 24.1 Å². The van der Waals surface area contributed by atoms with Crippen LogP contribution >= 0.6 is 0 Å². The fourth-order valence-corrected chi connectivity index (χ4v) is 2.19. The number of carbonyl (C=O) groups is 1. The zero-order valence-electron chi connectivity index (χ0n) is 11.3. The van der Waals surface area contributed by atoms with E-state index < -0.39 is 0 Å². The molecule has 0 saturated carbocycles. The standard InChI is InChI=1S/C17H18O2/c1-3-19-17(18)16-12-8-7-11-15(16)13(2)14-9-5-4-6-10-14/h4-13H,3H2,1-2H3. The summed E-state index contributed by atoms with van der Waals surface area (Å²) in [7, 11) is 0. The molecule has 0 N–H and O–H groups in total. The number of benzene rings is 2. The van der Waals surface area contributed by atoms with Crippen LogP contribution in [-0.4, -0.2) is 12.6 Å². The Hall–Kier alpha value is -2.09. The predicted molar refractivity (Wildman–Crippen MR) is 76.4 cm³/mol. The lowest BCUT2D eigenvalue weighted by Crippen LogP contribution is -2.10. The van der Waals surface area contributed by atoms with Crippen molar-refractivity contribution in [2.24, 2.45) is 0 Å². The molecule has 0 aromatic heterocycles. The van der Waals surface area contributed by atoms with Gasteiger partial charge in [0.15, 0.2) is 0 Å². The van der Waals surface area contributed by atoms with Crippen molar-refractivity contribution in [1.82, 2.24) is 0 Å². The van der Waals surface area contributed by atoms with Gasteiger partial charge < -0.3 is 4.74 Å². The highest BCUT2D eigenvalue weighted by Gasteiger charge is 2.17. The molecule has 1 atom stereocenters. The Morgan fingerprint density at radius 2 is 1.68 bits per heavy atom. The smallest absolute Gasteiger partial charge is 0.338 e. The quantitative estimate of drug-likeness (QED) is 0.770. The molecule has 2 nitrogen and oxygen atoms in total. The fraction of sp³-hybridized carbons (Fsp3) is 0.235. The molecule has 1 unspecified atom stereocenters. The summed E-state index contributed by atoms with van der Waals surface area (Å²) < 4.78 is 5.12. The lowest BCUT2D eigenvalue weighted by atomic mass is 9.90. The lowest BCUT2D eigenvalue weighted by molar-refractivity contribution is 0.0525. The second-order valence-corrected chi connectivity index (χ2v) is 4.44. The van der Waals surface area contributed by atoms with Gasteiger partial charge >= 0.3 is 5.97 Å². The summed E-state index contributed by atoms with van der Waals surface area (Å²) >= 11 is 0. The van der Waals surface area contributed by atoms with Gasteiger partial charge in [-0.1, -0.05) is 55.5 Å². The topological polar surface area (TPSA) is 26.3 Å². The van der Waals surface area contributed by atoms with Crippen molar-refractivity contribution >= 4 is 5.97 Å². The van der Waals surface area contributed by atoms with Gasteiger partial charge in [0.2, 0.25) is 0 Å². The molecule has 0 heterocycles. The zero-order chi connectivity index (χ0) is 13.7. The minimum atomic E-state index is -0.249. The molecule has 2 rings (SSSR count). The third kappa shape index (κ3) is 3.02. The molecule has 0 saturated heterocycles. The molecule has 98 valence electrons. The van der Waals surface area contributed by atoms with E-state index in [9.17, 15) is 4.79 Å². The van der Waals surface area contributed by atoms with Crippen LogP contribution in [0.15, 0.2) is 54.6 Å². The molecule has 2 heteroatoms. The largest absolute Gasteiger partial charge is 0.462 e. The van der Waals surface area contributed by atoms with Crippen molar-refractivity contribution in [3.05, 3.63) is 71.3 Å². The lowest BCUT2D eigenvalue weighted by Gasteiger charge is -2.16. The van der Waals surface area contributed by atoms with Gasteiger partial charge in [-0.25, -0.2) is 4.79 Å². The number of ether oxygens (including phenoxy) is 1. The molecule has 2 aromatic carbocycles. The Bertz CT molecular complexity index is 546. The summed E-state index contributed by atoms with van der Waals surface area (Å²) in [6.45, 7) is 4.32. The summed E-state index contributed by atoms with van der Waals surface area (Å²) in [5, 5.41) is 0. The summed E-state index contributed by atoms with van der Waals surface area (Å²) in [5.74, 6) is -0.0808. The van der Waals surface area contributed by atoms with Crippen LogP contribution in [0.5, 0.6) is 0 Å². The van der Waals surface area contributed by atoms with Crippen LogP contribution in [0.3, 0.4) is 0 Å². The van der Waals surface area contributed by atoms with E-state index in [1.807, 2.05) is 49.4 Å². The first-order valence-corrected chi connectivity index (χ1v) is 6.55. The Balaban J connectivity index is 2.37. The number of esters is 1. The monoisotopic (exact) mass is 254 g/mol. The van der Waals surface area contributed by atoms with E-state index >= 15 is 0 Å². The second-order valence-electron chi connectivity index (χ2n) is 4.44. The zero-order valence-corrected chi connectivity index (χ0v) is 11.3. The Labute approximate surface area is 114 Å². The number of hydrogen-bond acceptors (Lipinski definition) is 2. The van der Waals surface area contributed by atoms with Gasteiger partial charge in [-0.15, -0.1) is 0 Å². The minimum absolute atomic E-state index is 0.168. The first kappa shape index (κ1) is 13.3. The van der Waals surface area contributed by atoms with Gasteiger partial charge in [-0.2, -0.15) is 0 Å². The van der Waals surface area contributed by atoms with E-state index in [1.165, 1.54) is 5.56 Å². The van der Waals surface area contributed by atoms with Gasteiger partial charge in [0, 0.05) is 5.92 Å². The molecule has 0 fully saturated rings. The van der Waals surface area contributed by atoms with E-state index in [-0.39, 0.29) is 11.9 Å². The Morgan fingerprint density at radius 3 is 2.37 bits per heavy atom. The van der Waals surface area contributed by atoms with Crippen molar-refractivity contribution in [1.29, 1.82) is 0 Å². The molecule has 0 amide bonds. The molecule has 0 bridgehead atoms. The summed E-state index contributed by atoms with van der Waals surface area (Å²) in [4.78, 5) is 12.0. The second kappa shape index (κ2) is 6.19. The highest BCUT2D eigenvalue weighted by Crippen LogP contribution is 2.27. The van der Waals surface area contributed by atoms with E-state index in [4.69, 9.17) is 4.74 Å². The fourth-order valence-electron chi connectivity index (χ4n) is 2.19. The maximum atomic E-state index is 12.0. The average Bonchev–Trinajstić information content (AvgIpc) is 2.47. The summed E-state index contributed by atoms with van der Waals surface area (Å²) in [6.07, 6.45) is 0. The van der Waals surface area contributed by atoms with E-state index in [0.717, 1.165) is 5.56 Å². The van der Waals surface area contributed by atoms with Crippen LogP contribution in [0.1, 0.15) is 41.3 Å². The van der Waals surface area contributed by atoms with Crippen LogP contribution in [0.4, 0.5) is 0 Å². The number of hydrogen-bond donors (Lipinski definition) is 0. The Morgan fingerprint density at radius 1 is 1.05 bits per heavy atom. The minimum Gasteiger partial charge on any atom is -0.462 e. The molecular formula is C17H18O2. The van der Waals surface area contributed by atoms with Gasteiger partial charge in [0.1, 0.15) is 0 Å². The summed E-state index contributed by atoms with van der Waals surface area (Å²) in [5.41, 5.74) is 2.85. The van der Waals surface area contributed by atoms with Crippen molar-refractivity contribution in [2.45, 2.75) is 19.8 Å². The normalized spacial score (nSPS) is 11.9. The van der Waals surface area contributed by atoms with Crippen LogP contribution in [0.2, 0.25) is 0 Å². The molecule has 0 aliphatic carbocycles. The average molecular weight is 254 g/mol. The van der Waals surface area contributed by atoms with Crippen LogP contribution in [0.25, 0.3) is 0 Å². The molecule has 0 aliphatic rings. The first-order chi connectivity index (χ1) is 9.24. The Kier molecular flexibility index (Phi) is 4.35. The maximum absolute atomic E-state index is 12.0. The number of carbonyl (C=O) groups excluding carboxylic acids is 1. The van der Waals surface area contributed by atoms with Crippen LogP contribution < -0.4 is 0 Å². The van der Waals surface area contributed by atoms with Crippen molar-refractivity contribution in [3.63, 3.8) is 0 Å². The van der Waals surface area contributed by atoms with Gasteiger partial charge in [0.25, 0.3) is 0 Å². The van der Waals surface area contributed by atoms with Crippen molar-refractivity contribution < 1.29 is 9.53 Å². The molecule has 2 aromatic rings. The van der Waals surface area contributed by atoms with Gasteiger partial charge in [0.05, 0.1) is 12.2 Å². The van der Waals surface area contributed by atoms with E-state index in [2.05, 4.69) is 19.1 Å². The van der Waals surface area contributed by atoms with E-state index in [1.54, 1.807) is 0 Å². The van der Waals surface area contributed by atoms with Crippen LogP contribution in [-0.2, 0) is 4.74 Å². The van der Waals surface area contributed by atoms with E-state index in [0.29, 0.717) is 12.2 Å². The molecule has 0 spiro atoms. The SMILES string of the molecule is CCOC(=O)c1ccccc1C(C)c1ccccc1. The predicted octanol–water partition coefficient (Wildman–Crippen LogP) is 4.02. The molecule has 0 aliphatic heterocycles. The van der Waals surface area contributed by atoms with Crippen molar-refractivity contribution in [2.75, 3.05) is 6.61 Å². The van der Waals surface area contributed by atoms with Gasteiger partial charge in [-0.3, -0.25) is 0 Å². The summed E-state index contributed by atoms with van der Waals surface area (Å²) in [6, 6.07) is 17.8. The highest BCUT2D eigenvalue weighted by molar-refractivity contribution is 5.91. The third-order valence-corrected chi connectivity index (χ3v) is 3.22.